The fraction of sp³-hybridized carbons (Fsp3) is 0.355. The molecule has 1 N–H and O–H groups in total. The van der Waals surface area contributed by atoms with Crippen LogP contribution in [-0.4, -0.2) is 57.1 Å². The van der Waals surface area contributed by atoms with Crippen molar-refractivity contribution in [2.24, 2.45) is 0 Å². The number of hydrogen-bond donors (Lipinski definition) is 1. The predicted molar refractivity (Wildman–Crippen MR) is 159 cm³/mol. The third-order valence-corrected chi connectivity index (χ3v) is 7.62. The van der Waals surface area contributed by atoms with Gasteiger partial charge < -0.3 is 15.0 Å². The van der Waals surface area contributed by atoms with E-state index in [9.17, 15) is 18.0 Å². The summed E-state index contributed by atoms with van der Waals surface area (Å²) in [6, 6.07) is 21.1. The summed E-state index contributed by atoms with van der Waals surface area (Å²) in [4.78, 5) is 29.2. The standard InChI is InChI=1S/C31H39N3O5S/c1-22(2)32-31(36)29(19-25-11-8-7-9-12-25)33(20-26-13-10-14-27(18-26)39-5)30(35)21-34(40(6,37)38)28-16-15-23(3)17-24(28)4/h7-18,22,29H,19-21H2,1-6H3,(H,32,36)/t29-/m1/s1. The minimum atomic E-state index is -3.82. The number of ether oxygens (including phenoxy) is 1. The van der Waals surface area contributed by atoms with Crippen LogP contribution in [0.4, 0.5) is 5.69 Å². The zero-order chi connectivity index (χ0) is 29.4. The molecule has 3 rings (SSSR count). The molecule has 0 saturated heterocycles. The van der Waals surface area contributed by atoms with E-state index in [1.165, 1.54) is 4.90 Å². The molecule has 2 amide bonds. The summed E-state index contributed by atoms with van der Waals surface area (Å²) >= 11 is 0. The summed E-state index contributed by atoms with van der Waals surface area (Å²) in [6.45, 7) is 7.09. The highest BCUT2D eigenvalue weighted by Gasteiger charge is 2.33. The molecule has 0 aliphatic rings. The molecule has 0 aliphatic carbocycles. The van der Waals surface area contributed by atoms with Gasteiger partial charge in [-0.25, -0.2) is 8.42 Å². The molecule has 0 fully saturated rings. The van der Waals surface area contributed by atoms with Crippen molar-refractivity contribution in [1.29, 1.82) is 0 Å². The number of anilines is 1. The van der Waals surface area contributed by atoms with Gasteiger partial charge >= 0.3 is 0 Å². The molecule has 1 atom stereocenters. The van der Waals surface area contributed by atoms with Crippen LogP contribution in [-0.2, 0) is 32.6 Å². The molecule has 0 heterocycles. The van der Waals surface area contributed by atoms with Gasteiger partial charge in [0.15, 0.2) is 0 Å². The van der Waals surface area contributed by atoms with E-state index in [1.807, 2.05) is 82.3 Å². The molecule has 0 aliphatic heterocycles. The molecular weight excluding hydrogens is 526 g/mol. The first-order chi connectivity index (χ1) is 18.9. The lowest BCUT2D eigenvalue weighted by Gasteiger charge is -2.34. The van der Waals surface area contributed by atoms with E-state index in [4.69, 9.17) is 4.74 Å². The monoisotopic (exact) mass is 565 g/mol. The molecule has 9 heteroatoms. The van der Waals surface area contributed by atoms with Crippen molar-refractivity contribution in [1.82, 2.24) is 10.2 Å². The first-order valence-corrected chi connectivity index (χ1v) is 15.1. The second kappa shape index (κ2) is 13.5. The fourth-order valence-corrected chi connectivity index (χ4v) is 5.49. The highest BCUT2D eigenvalue weighted by molar-refractivity contribution is 7.92. The minimum Gasteiger partial charge on any atom is -0.497 e. The van der Waals surface area contributed by atoms with Gasteiger partial charge in [0.2, 0.25) is 21.8 Å². The zero-order valence-electron chi connectivity index (χ0n) is 24.0. The number of carbonyl (C=O) groups is 2. The summed E-state index contributed by atoms with van der Waals surface area (Å²) in [6.07, 6.45) is 1.34. The highest BCUT2D eigenvalue weighted by atomic mass is 32.2. The van der Waals surface area contributed by atoms with Crippen LogP contribution in [0.2, 0.25) is 0 Å². The van der Waals surface area contributed by atoms with Crippen molar-refractivity contribution in [3.8, 4) is 5.75 Å². The van der Waals surface area contributed by atoms with Crippen molar-refractivity contribution in [3.05, 3.63) is 95.1 Å². The Kier molecular flexibility index (Phi) is 10.3. The van der Waals surface area contributed by atoms with Crippen LogP contribution in [0.5, 0.6) is 5.75 Å². The molecular formula is C31H39N3O5S. The van der Waals surface area contributed by atoms with Gasteiger partial charge in [-0.15, -0.1) is 0 Å². The molecule has 3 aromatic rings. The van der Waals surface area contributed by atoms with Crippen LogP contribution < -0.4 is 14.4 Å². The maximum absolute atomic E-state index is 14.1. The lowest BCUT2D eigenvalue weighted by Crippen LogP contribution is -2.54. The summed E-state index contributed by atoms with van der Waals surface area (Å²) in [7, 11) is -2.26. The maximum atomic E-state index is 14.1. The topological polar surface area (TPSA) is 96.0 Å². The van der Waals surface area contributed by atoms with Crippen molar-refractivity contribution < 1.29 is 22.7 Å². The number of rotatable bonds is 12. The van der Waals surface area contributed by atoms with E-state index < -0.39 is 28.5 Å². The quantitative estimate of drug-likeness (QED) is 0.354. The van der Waals surface area contributed by atoms with E-state index in [-0.39, 0.29) is 24.9 Å². The summed E-state index contributed by atoms with van der Waals surface area (Å²) in [5.74, 6) is -0.190. The first kappa shape index (κ1) is 30.7. The van der Waals surface area contributed by atoms with Gasteiger partial charge in [0.1, 0.15) is 18.3 Å². The van der Waals surface area contributed by atoms with Crippen LogP contribution >= 0.6 is 0 Å². The molecule has 3 aromatic carbocycles. The van der Waals surface area contributed by atoms with E-state index in [2.05, 4.69) is 5.32 Å². The average Bonchev–Trinajstić information content (AvgIpc) is 2.89. The number of methoxy groups -OCH3 is 1. The van der Waals surface area contributed by atoms with Gasteiger partial charge in [-0.1, -0.05) is 60.2 Å². The lowest BCUT2D eigenvalue weighted by atomic mass is 10.0. The van der Waals surface area contributed by atoms with Crippen LogP contribution in [0.3, 0.4) is 0 Å². The number of hydrogen-bond acceptors (Lipinski definition) is 5. The van der Waals surface area contributed by atoms with E-state index in [0.717, 1.165) is 32.8 Å². The Morgan fingerprint density at radius 1 is 0.925 bits per heavy atom. The minimum absolute atomic E-state index is 0.0868. The van der Waals surface area contributed by atoms with Gasteiger partial charge in [-0.3, -0.25) is 13.9 Å². The van der Waals surface area contributed by atoms with Gasteiger partial charge in [0.25, 0.3) is 0 Å². The molecule has 0 saturated carbocycles. The average molecular weight is 566 g/mol. The van der Waals surface area contributed by atoms with Crippen molar-refractivity contribution in [2.75, 3.05) is 24.2 Å². The maximum Gasteiger partial charge on any atom is 0.244 e. The van der Waals surface area contributed by atoms with Gasteiger partial charge in [0, 0.05) is 19.0 Å². The van der Waals surface area contributed by atoms with Crippen molar-refractivity contribution in [3.63, 3.8) is 0 Å². The Morgan fingerprint density at radius 3 is 2.20 bits per heavy atom. The number of nitrogens with one attached hydrogen (secondary N) is 1. The van der Waals surface area contributed by atoms with Crippen LogP contribution in [0, 0.1) is 13.8 Å². The van der Waals surface area contributed by atoms with Crippen LogP contribution in [0.25, 0.3) is 0 Å². The molecule has 40 heavy (non-hydrogen) atoms. The summed E-state index contributed by atoms with van der Waals surface area (Å²) < 4.78 is 32.4. The zero-order valence-corrected chi connectivity index (χ0v) is 24.9. The molecule has 0 aromatic heterocycles. The van der Waals surface area contributed by atoms with Gasteiger partial charge in [0.05, 0.1) is 19.1 Å². The molecule has 214 valence electrons. The normalized spacial score (nSPS) is 12.1. The SMILES string of the molecule is COc1cccc(CN(C(=O)CN(c2ccc(C)cc2C)S(C)(=O)=O)[C@H](Cc2ccccc2)C(=O)NC(C)C)c1. The number of carbonyl (C=O) groups excluding carboxylic acids is 2. The summed E-state index contributed by atoms with van der Waals surface area (Å²) in [5, 5.41) is 2.95. The second-order valence-corrected chi connectivity index (χ2v) is 12.2. The van der Waals surface area contributed by atoms with Crippen LogP contribution in [0.15, 0.2) is 72.8 Å². The van der Waals surface area contributed by atoms with Crippen molar-refractivity contribution >= 4 is 27.5 Å². The van der Waals surface area contributed by atoms with E-state index >= 15 is 0 Å². The predicted octanol–water partition coefficient (Wildman–Crippen LogP) is 4.24. The third-order valence-electron chi connectivity index (χ3n) is 6.49. The molecule has 0 bridgehead atoms. The third kappa shape index (κ3) is 8.32. The summed E-state index contributed by atoms with van der Waals surface area (Å²) in [5.41, 5.74) is 3.77. The van der Waals surface area contributed by atoms with Crippen LogP contribution in [0.1, 0.15) is 36.1 Å². The molecule has 0 spiro atoms. The Morgan fingerprint density at radius 2 is 1.60 bits per heavy atom. The number of nitrogens with zero attached hydrogens (tertiary/aromatic N) is 2. The van der Waals surface area contributed by atoms with E-state index in [0.29, 0.717) is 11.4 Å². The Bertz CT molecular complexity index is 1420. The Hall–Kier alpha value is -3.85. The number of amides is 2. The molecule has 0 radical (unpaired) electrons. The van der Waals surface area contributed by atoms with Crippen molar-refractivity contribution in [2.45, 2.75) is 52.7 Å². The smallest absolute Gasteiger partial charge is 0.244 e. The first-order valence-electron chi connectivity index (χ1n) is 13.2. The molecule has 0 unspecified atom stereocenters. The second-order valence-electron chi connectivity index (χ2n) is 10.3. The van der Waals surface area contributed by atoms with Gasteiger partial charge in [-0.05, 0) is 62.6 Å². The van der Waals surface area contributed by atoms with E-state index in [1.54, 1.807) is 25.3 Å². The number of sulfonamides is 1. The fourth-order valence-electron chi connectivity index (χ4n) is 4.58. The molecule has 8 nitrogen and oxygen atoms in total. The van der Waals surface area contributed by atoms with Gasteiger partial charge in [-0.2, -0.15) is 0 Å². The Labute approximate surface area is 238 Å². The number of benzene rings is 3. The number of aryl methyl sites for hydroxylation is 2. The highest BCUT2D eigenvalue weighted by Crippen LogP contribution is 2.25. The Balaban J connectivity index is 2.09. The lowest BCUT2D eigenvalue weighted by molar-refractivity contribution is -0.140. The largest absolute Gasteiger partial charge is 0.497 e.